The number of rotatable bonds is 3. The zero-order valence-corrected chi connectivity index (χ0v) is 15.3. The van der Waals surface area contributed by atoms with E-state index in [9.17, 15) is 4.79 Å². The maximum Gasteiger partial charge on any atom is 0.252 e. The molecule has 118 valence electrons. The second kappa shape index (κ2) is 5.50. The van der Waals surface area contributed by atoms with Gasteiger partial charge in [0.1, 0.15) is 0 Å². The number of hydrogen-bond acceptors (Lipinski definition) is 1. The number of hydrogen-bond donors (Lipinski definition) is 1. The van der Waals surface area contributed by atoms with Crippen LogP contribution < -0.4 is 5.32 Å². The lowest BCUT2D eigenvalue weighted by molar-refractivity contribution is -0.0688. The van der Waals surface area contributed by atoms with Gasteiger partial charge in [0.2, 0.25) is 0 Å². The van der Waals surface area contributed by atoms with Gasteiger partial charge in [0, 0.05) is 9.61 Å². The highest BCUT2D eigenvalue weighted by molar-refractivity contribution is 14.1. The first-order chi connectivity index (χ1) is 10.6. The van der Waals surface area contributed by atoms with Gasteiger partial charge in [-0.05, 0) is 103 Å². The molecule has 1 amide bonds. The molecule has 4 bridgehead atoms. The molecule has 22 heavy (non-hydrogen) atoms. The quantitative estimate of drug-likeness (QED) is 0.725. The van der Waals surface area contributed by atoms with Gasteiger partial charge >= 0.3 is 0 Å². The van der Waals surface area contributed by atoms with Gasteiger partial charge in [0.15, 0.2) is 0 Å². The molecule has 0 unspecified atom stereocenters. The van der Waals surface area contributed by atoms with Crippen LogP contribution in [0, 0.1) is 26.7 Å². The SMILES string of the molecule is C[C@H](NC(=O)c1ccccc1I)C12CC3CC(CC(C3)C1)C2. The highest BCUT2D eigenvalue weighted by atomic mass is 127. The fraction of sp³-hybridized carbons (Fsp3) is 0.632. The van der Waals surface area contributed by atoms with Gasteiger partial charge in [-0.1, -0.05) is 12.1 Å². The van der Waals surface area contributed by atoms with Crippen molar-refractivity contribution in [1.82, 2.24) is 5.32 Å². The minimum atomic E-state index is 0.105. The lowest BCUT2D eigenvalue weighted by Crippen LogP contribution is -2.55. The summed E-state index contributed by atoms with van der Waals surface area (Å²) in [6, 6.07) is 8.17. The predicted octanol–water partition coefficient (Wildman–Crippen LogP) is 4.63. The summed E-state index contributed by atoms with van der Waals surface area (Å²) in [4.78, 5) is 12.7. The number of amides is 1. The standard InChI is InChI=1S/C19H24INO/c1-12(21-18(22)16-4-2-3-5-17(16)20)19-9-13-6-14(10-19)8-15(7-13)11-19/h2-5,12-15H,6-11H2,1H3,(H,21,22)/t12-,13?,14?,15?,19?/m0/s1. The van der Waals surface area contributed by atoms with Crippen LogP contribution in [-0.4, -0.2) is 11.9 Å². The van der Waals surface area contributed by atoms with E-state index in [-0.39, 0.29) is 5.91 Å². The molecule has 5 rings (SSSR count). The summed E-state index contributed by atoms with van der Waals surface area (Å²) in [6.45, 7) is 2.25. The molecular formula is C19H24INO. The number of benzene rings is 1. The maximum absolute atomic E-state index is 12.7. The van der Waals surface area contributed by atoms with Gasteiger partial charge in [-0.3, -0.25) is 4.79 Å². The van der Waals surface area contributed by atoms with E-state index in [0.29, 0.717) is 11.5 Å². The van der Waals surface area contributed by atoms with Crippen molar-refractivity contribution < 1.29 is 4.79 Å². The molecule has 2 nitrogen and oxygen atoms in total. The van der Waals surface area contributed by atoms with E-state index in [1.54, 1.807) is 0 Å². The Balaban J connectivity index is 1.52. The van der Waals surface area contributed by atoms with Crippen molar-refractivity contribution in [3.8, 4) is 0 Å². The van der Waals surface area contributed by atoms with Crippen molar-refractivity contribution in [2.45, 2.75) is 51.5 Å². The Bertz CT molecular complexity index is 562. The van der Waals surface area contributed by atoms with Gasteiger partial charge in [-0.25, -0.2) is 0 Å². The van der Waals surface area contributed by atoms with Gasteiger partial charge < -0.3 is 5.32 Å². The van der Waals surface area contributed by atoms with Crippen molar-refractivity contribution in [3.05, 3.63) is 33.4 Å². The van der Waals surface area contributed by atoms with Gasteiger partial charge in [0.05, 0.1) is 5.56 Å². The lowest BCUT2D eigenvalue weighted by Gasteiger charge is -2.59. The molecular weight excluding hydrogens is 385 g/mol. The molecule has 3 heteroatoms. The van der Waals surface area contributed by atoms with Crippen LogP contribution in [0.15, 0.2) is 24.3 Å². The van der Waals surface area contributed by atoms with Gasteiger partial charge in [-0.2, -0.15) is 0 Å². The van der Waals surface area contributed by atoms with Crippen LogP contribution >= 0.6 is 22.6 Å². The summed E-state index contributed by atoms with van der Waals surface area (Å²) >= 11 is 2.25. The van der Waals surface area contributed by atoms with Crippen molar-refractivity contribution in [1.29, 1.82) is 0 Å². The Hall–Kier alpha value is -0.580. The summed E-state index contributed by atoms with van der Waals surface area (Å²) in [6.07, 6.45) is 8.38. The molecule has 4 saturated carbocycles. The third-order valence-electron chi connectivity index (χ3n) is 6.47. The highest BCUT2D eigenvalue weighted by Gasteiger charge is 2.53. The first kappa shape index (κ1) is 15.0. The lowest BCUT2D eigenvalue weighted by atomic mass is 9.48. The smallest absolute Gasteiger partial charge is 0.252 e. The van der Waals surface area contributed by atoms with Crippen LogP contribution in [-0.2, 0) is 0 Å². The molecule has 4 aliphatic rings. The molecule has 1 N–H and O–H groups in total. The Morgan fingerprint density at radius 3 is 2.23 bits per heavy atom. The molecule has 1 atom stereocenters. The fourth-order valence-corrected chi connectivity index (χ4v) is 6.41. The van der Waals surface area contributed by atoms with E-state index in [2.05, 4.69) is 34.8 Å². The van der Waals surface area contributed by atoms with Crippen molar-refractivity contribution >= 4 is 28.5 Å². The third-order valence-corrected chi connectivity index (χ3v) is 7.41. The second-order valence-corrected chi connectivity index (χ2v) is 9.12. The molecule has 4 fully saturated rings. The summed E-state index contributed by atoms with van der Waals surface area (Å²) in [5.74, 6) is 2.90. The van der Waals surface area contributed by atoms with E-state index in [1.165, 1.54) is 38.5 Å². The minimum Gasteiger partial charge on any atom is -0.349 e. The topological polar surface area (TPSA) is 29.1 Å². The molecule has 0 aromatic heterocycles. The number of carbonyl (C=O) groups excluding carboxylic acids is 1. The number of carbonyl (C=O) groups is 1. The van der Waals surface area contributed by atoms with Crippen molar-refractivity contribution in [2.75, 3.05) is 0 Å². The number of halogens is 1. The fourth-order valence-electron chi connectivity index (χ4n) is 5.78. The molecule has 4 aliphatic carbocycles. The van der Waals surface area contributed by atoms with Gasteiger partial charge in [-0.15, -0.1) is 0 Å². The summed E-state index contributed by atoms with van der Waals surface area (Å²) in [5, 5.41) is 3.35. The van der Waals surface area contributed by atoms with Crippen LogP contribution in [0.25, 0.3) is 0 Å². The second-order valence-electron chi connectivity index (χ2n) is 7.95. The summed E-state index contributed by atoms with van der Waals surface area (Å²) in [7, 11) is 0. The third kappa shape index (κ3) is 2.49. The average Bonchev–Trinajstić information content (AvgIpc) is 2.46. The number of nitrogens with one attached hydrogen (secondary N) is 1. The zero-order chi connectivity index (χ0) is 15.3. The average molecular weight is 409 g/mol. The Labute approximate surface area is 146 Å². The zero-order valence-electron chi connectivity index (χ0n) is 13.1. The molecule has 0 spiro atoms. The molecule has 0 heterocycles. The molecule has 1 aromatic rings. The molecule has 0 radical (unpaired) electrons. The minimum absolute atomic E-state index is 0.105. The predicted molar refractivity (Wildman–Crippen MR) is 96.7 cm³/mol. The first-order valence-corrected chi connectivity index (χ1v) is 9.69. The van der Waals surface area contributed by atoms with Crippen LogP contribution in [0.2, 0.25) is 0 Å². The highest BCUT2D eigenvalue weighted by Crippen LogP contribution is 2.61. The first-order valence-electron chi connectivity index (χ1n) is 8.61. The van der Waals surface area contributed by atoms with Crippen LogP contribution in [0.5, 0.6) is 0 Å². The normalized spacial score (nSPS) is 37.1. The molecule has 0 aliphatic heterocycles. The largest absolute Gasteiger partial charge is 0.349 e. The summed E-state index contributed by atoms with van der Waals surface area (Å²) < 4.78 is 1.04. The molecule has 1 aromatic carbocycles. The summed E-state index contributed by atoms with van der Waals surface area (Å²) in [5.41, 5.74) is 1.20. The van der Waals surface area contributed by atoms with E-state index < -0.39 is 0 Å². The Morgan fingerprint density at radius 2 is 1.68 bits per heavy atom. The Morgan fingerprint density at radius 1 is 1.14 bits per heavy atom. The van der Waals surface area contributed by atoms with E-state index in [1.807, 2.05) is 24.3 Å². The van der Waals surface area contributed by atoms with Crippen LogP contribution in [0.4, 0.5) is 0 Å². The van der Waals surface area contributed by atoms with E-state index in [0.717, 1.165) is 26.9 Å². The van der Waals surface area contributed by atoms with Crippen LogP contribution in [0.3, 0.4) is 0 Å². The van der Waals surface area contributed by atoms with Gasteiger partial charge in [0.25, 0.3) is 5.91 Å². The van der Waals surface area contributed by atoms with Crippen molar-refractivity contribution in [2.24, 2.45) is 23.2 Å². The van der Waals surface area contributed by atoms with Crippen LogP contribution in [0.1, 0.15) is 55.8 Å². The van der Waals surface area contributed by atoms with E-state index >= 15 is 0 Å². The molecule has 0 saturated heterocycles. The monoisotopic (exact) mass is 409 g/mol. The Kier molecular flexibility index (Phi) is 3.74. The van der Waals surface area contributed by atoms with E-state index in [4.69, 9.17) is 0 Å². The maximum atomic E-state index is 12.7. The van der Waals surface area contributed by atoms with Crippen molar-refractivity contribution in [3.63, 3.8) is 0 Å².